The van der Waals surface area contributed by atoms with Crippen molar-refractivity contribution in [2.24, 2.45) is 0 Å². The molecule has 1 amide bonds. The summed E-state index contributed by atoms with van der Waals surface area (Å²) in [5.41, 5.74) is 1.01. The highest BCUT2D eigenvalue weighted by Crippen LogP contribution is 2.43. The summed E-state index contributed by atoms with van der Waals surface area (Å²) in [5.74, 6) is -1.09. The molecule has 1 aliphatic heterocycles. The number of Topliss-reactive ketones (excluding diaryl/α,β-unsaturated/α-hetero) is 1. The summed E-state index contributed by atoms with van der Waals surface area (Å²) < 4.78 is 10.9. The maximum absolute atomic E-state index is 13.5. The zero-order chi connectivity index (χ0) is 23.0. The highest BCUT2D eigenvalue weighted by atomic mass is 32.1. The fraction of sp³-hybridized carbons (Fsp3) is 0.261. The molecule has 1 aliphatic rings. The Bertz CT molecular complexity index is 1210. The molecule has 1 unspecified atom stereocenters. The minimum atomic E-state index is -0.901. The molecule has 0 saturated heterocycles. The van der Waals surface area contributed by atoms with E-state index < -0.39 is 23.5 Å². The molecule has 1 atom stereocenters. The van der Waals surface area contributed by atoms with E-state index in [9.17, 15) is 19.8 Å². The number of thiazole rings is 1. The van der Waals surface area contributed by atoms with Gasteiger partial charge < -0.3 is 24.3 Å². The Labute approximate surface area is 188 Å². The second-order valence-corrected chi connectivity index (χ2v) is 8.52. The van der Waals surface area contributed by atoms with E-state index in [-0.39, 0.29) is 23.6 Å². The van der Waals surface area contributed by atoms with Gasteiger partial charge in [0, 0.05) is 0 Å². The van der Waals surface area contributed by atoms with Crippen LogP contribution in [-0.2, 0) is 11.3 Å². The third-order valence-electron chi connectivity index (χ3n) is 5.16. The summed E-state index contributed by atoms with van der Waals surface area (Å²) in [5, 5.41) is 21.6. The average molecular weight is 455 g/mol. The summed E-state index contributed by atoms with van der Waals surface area (Å²) in [6, 6.07) is 7.11. The maximum Gasteiger partial charge on any atom is 0.290 e. The molecule has 0 spiro atoms. The van der Waals surface area contributed by atoms with Gasteiger partial charge in [-0.15, -0.1) is 11.3 Å². The van der Waals surface area contributed by atoms with Crippen LogP contribution >= 0.6 is 11.3 Å². The molecule has 32 heavy (non-hydrogen) atoms. The molecule has 0 saturated carbocycles. The molecule has 2 aromatic heterocycles. The Balaban J connectivity index is 1.84. The van der Waals surface area contributed by atoms with Crippen LogP contribution in [0.15, 0.2) is 52.3 Å². The van der Waals surface area contributed by atoms with E-state index in [0.717, 1.165) is 0 Å². The number of aliphatic hydroxyl groups excluding tert-OH is 1. The lowest BCUT2D eigenvalue weighted by Crippen LogP contribution is -2.30. The van der Waals surface area contributed by atoms with Gasteiger partial charge in [0.2, 0.25) is 5.78 Å². The lowest BCUT2D eigenvalue weighted by atomic mass is 9.94. The van der Waals surface area contributed by atoms with Crippen LogP contribution in [0.25, 0.3) is 0 Å². The Morgan fingerprint density at radius 1 is 1.28 bits per heavy atom. The molecule has 0 aliphatic carbocycles. The Morgan fingerprint density at radius 3 is 2.69 bits per heavy atom. The predicted molar refractivity (Wildman–Crippen MR) is 117 cm³/mol. The minimum Gasteiger partial charge on any atom is -0.504 e. The van der Waals surface area contributed by atoms with Crippen LogP contribution in [0.3, 0.4) is 0 Å². The summed E-state index contributed by atoms with van der Waals surface area (Å²) in [6.45, 7) is 5.65. The lowest BCUT2D eigenvalue weighted by Gasteiger charge is -2.26. The van der Waals surface area contributed by atoms with Gasteiger partial charge in [-0.1, -0.05) is 6.07 Å². The predicted octanol–water partition coefficient (Wildman–Crippen LogP) is 4.24. The minimum absolute atomic E-state index is 0.0403. The van der Waals surface area contributed by atoms with Crippen LogP contribution in [0.4, 0.5) is 0 Å². The normalized spacial score (nSPS) is 16.2. The third kappa shape index (κ3) is 3.75. The van der Waals surface area contributed by atoms with E-state index in [1.54, 1.807) is 45.0 Å². The van der Waals surface area contributed by atoms with Crippen LogP contribution < -0.4 is 4.74 Å². The Hall–Kier alpha value is -3.59. The smallest absolute Gasteiger partial charge is 0.290 e. The number of hydrogen-bond donors (Lipinski definition) is 2. The number of carbonyl (C=O) groups is 2. The number of rotatable bonds is 7. The molecule has 1 aromatic carbocycles. The quantitative estimate of drug-likeness (QED) is 0.514. The first-order chi connectivity index (χ1) is 15.3. The number of aromatic hydroxyl groups is 1. The fourth-order valence-corrected chi connectivity index (χ4v) is 4.68. The summed E-state index contributed by atoms with van der Waals surface area (Å²) in [4.78, 5) is 32.6. The zero-order valence-electron chi connectivity index (χ0n) is 17.8. The van der Waals surface area contributed by atoms with Crippen molar-refractivity contribution in [1.82, 2.24) is 9.88 Å². The molecular formula is C23H22N2O6S. The van der Waals surface area contributed by atoms with E-state index in [4.69, 9.17) is 9.15 Å². The summed E-state index contributed by atoms with van der Waals surface area (Å²) in [6.07, 6.45) is 1.49. The van der Waals surface area contributed by atoms with E-state index in [0.29, 0.717) is 33.5 Å². The Morgan fingerprint density at radius 2 is 2.06 bits per heavy atom. The van der Waals surface area contributed by atoms with Crippen LogP contribution in [0.1, 0.15) is 44.7 Å². The molecule has 0 fully saturated rings. The van der Waals surface area contributed by atoms with Gasteiger partial charge in [-0.3, -0.25) is 9.59 Å². The van der Waals surface area contributed by atoms with E-state index in [1.807, 2.05) is 0 Å². The van der Waals surface area contributed by atoms with Gasteiger partial charge in [-0.2, -0.15) is 0 Å². The number of furan rings is 1. The largest absolute Gasteiger partial charge is 0.504 e. The van der Waals surface area contributed by atoms with Gasteiger partial charge in [-0.25, -0.2) is 4.98 Å². The number of phenols is 1. The molecule has 9 heteroatoms. The second kappa shape index (κ2) is 8.51. The topological polar surface area (TPSA) is 113 Å². The van der Waals surface area contributed by atoms with Crippen LogP contribution in [0, 0.1) is 13.8 Å². The van der Waals surface area contributed by atoms with Gasteiger partial charge in [0.1, 0.15) is 5.76 Å². The molecule has 166 valence electrons. The van der Waals surface area contributed by atoms with Gasteiger partial charge in [-0.05, 0) is 50.6 Å². The third-order valence-corrected chi connectivity index (χ3v) is 6.24. The van der Waals surface area contributed by atoms with Crippen molar-refractivity contribution in [3.8, 4) is 11.5 Å². The molecule has 4 rings (SSSR count). The highest BCUT2D eigenvalue weighted by molar-refractivity contribution is 7.14. The number of phenolic OH excluding ortho intramolecular Hbond substituents is 1. The van der Waals surface area contributed by atoms with Crippen molar-refractivity contribution in [2.45, 2.75) is 33.4 Å². The number of ketones is 1. The first-order valence-electron chi connectivity index (χ1n) is 10.0. The first-order valence-corrected chi connectivity index (χ1v) is 10.8. The van der Waals surface area contributed by atoms with Gasteiger partial charge >= 0.3 is 0 Å². The fourth-order valence-electron chi connectivity index (χ4n) is 3.80. The number of aromatic nitrogens is 1. The molecule has 2 N–H and O–H groups in total. The SMILES string of the molecule is CCOc1cc(C2C(C(=O)c3sc(C)nc3C)=C(O)C(=O)N2Cc2ccco2)ccc1O. The molecule has 3 aromatic rings. The van der Waals surface area contributed by atoms with E-state index >= 15 is 0 Å². The van der Waals surface area contributed by atoms with Gasteiger partial charge in [0.05, 0.1) is 46.6 Å². The number of aliphatic hydroxyl groups is 1. The molecule has 0 radical (unpaired) electrons. The maximum atomic E-state index is 13.5. The molecule has 3 heterocycles. The van der Waals surface area contributed by atoms with Crippen molar-refractivity contribution in [3.63, 3.8) is 0 Å². The second-order valence-electron chi connectivity index (χ2n) is 7.31. The number of aryl methyl sites for hydroxylation is 2. The van der Waals surface area contributed by atoms with E-state index in [1.165, 1.54) is 28.6 Å². The first kappa shape index (κ1) is 21.6. The number of carbonyl (C=O) groups excluding carboxylic acids is 2. The van der Waals surface area contributed by atoms with Crippen molar-refractivity contribution in [1.29, 1.82) is 0 Å². The number of nitrogens with zero attached hydrogens (tertiary/aromatic N) is 2. The molecule has 0 bridgehead atoms. The highest BCUT2D eigenvalue weighted by Gasteiger charge is 2.45. The van der Waals surface area contributed by atoms with Crippen LogP contribution in [0.2, 0.25) is 0 Å². The Kier molecular flexibility index (Phi) is 5.75. The monoisotopic (exact) mass is 454 g/mol. The van der Waals surface area contributed by atoms with E-state index in [2.05, 4.69) is 4.98 Å². The van der Waals surface area contributed by atoms with Gasteiger partial charge in [0.25, 0.3) is 5.91 Å². The number of ether oxygens (including phenoxy) is 1. The van der Waals surface area contributed by atoms with Crippen molar-refractivity contribution < 1.29 is 29.0 Å². The number of benzene rings is 1. The van der Waals surface area contributed by atoms with Crippen molar-refractivity contribution in [2.75, 3.05) is 6.61 Å². The van der Waals surface area contributed by atoms with Gasteiger partial charge in [0.15, 0.2) is 17.3 Å². The van der Waals surface area contributed by atoms with Crippen LogP contribution in [0.5, 0.6) is 11.5 Å². The standard InChI is InChI=1S/C23H22N2O6S/c1-4-30-17-10-14(7-8-16(17)26)19-18(20(27)22-12(2)24-13(3)32-22)21(28)23(29)25(19)11-15-6-5-9-31-15/h5-10,19,26,28H,4,11H2,1-3H3. The molecule has 8 nitrogen and oxygen atoms in total. The zero-order valence-corrected chi connectivity index (χ0v) is 18.6. The lowest BCUT2D eigenvalue weighted by molar-refractivity contribution is -0.130. The van der Waals surface area contributed by atoms with Crippen LogP contribution in [-0.4, -0.2) is 38.4 Å². The summed E-state index contributed by atoms with van der Waals surface area (Å²) in [7, 11) is 0. The number of hydrogen-bond acceptors (Lipinski definition) is 8. The average Bonchev–Trinajstić information content (AvgIpc) is 3.45. The molecular weight excluding hydrogens is 432 g/mol. The van der Waals surface area contributed by atoms with Crippen molar-refractivity contribution in [3.05, 3.63) is 74.8 Å². The number of amides is 1. The van der Waals surface area contributed by atoms with Crippen molar-refractivity contribution >= 4 is 23.0 Å². The summed E-state index contributed by atoms with van der Waals surface area (Å²) >= 11 is 1.21.